The van der Waals surface area contributed by atoms with Gasteiger partial charge in [-0.15, -0.1) is 0 Å². The zero-order valence-corrected chi connectivity index (χ0v) is 14.6. The average Bonchev–Trinajstić information content (AvgIpc) is 2.76. The summed E-state index contributed by atoms with van der Waals surface area (Å²) in [5, 5.41) is 16.9. The molecule has 1 aromatic carbocycles. The van der Waals surface area contributed by atoms with Crippen LogP contribution in [-0.2, 0) is 19.9 Å². The maximum atomic E-state index is 12.8. The van der Waals surface area contributed by atoms with E-state index >= 15 is 0 Å². The molecule has 134 valence electrons. The van der Waals surface area contributed by atoms with E-state index in [-0.39, 0.29) is 5.90 Å². The quantitative estimate of drug-likeness (QED) is 0.478. The van der Waals surface area contributed by atoms with Crippen molar-refractivity contribution in [2.45, 2.75) is 32.4 Å². The largest absolute Gasteiger partial charge is 0.480 e. The van der Waals surface area contributed by atoms with E-state index in [0.717, 1.165) is 4.90 Å². The molecule has 1 aliphatic rings. The maximum absolute atomic E-state index is 12.8. The first-order chi connectivity index (χ1) is 11.7. The fraction of sp³-hybridized carbons (Fsp3) is 0.412. The highest BCUT2D eigenvalue weighted by Crippen LogP contribution is 2.37. The Morgan fingerprint density at radius 2 is 1.88 bits per heavy atom. The zero-order chi connectivity index (χ0) is 18.9. The normalized spacial score (nSPS) is 21.4. The third kappa shape index (κ3) is 2.84. The molecule has 8 nitrogen and oxygen atoms in total. The Morgan fingerprint density at radius 1 is 1.32 bits per heavy atom. The third-order valence-corrected chi connectivity index (χ3v) is 4.54. The monoisotopic (exact) mass is 347 g/mol. The Hall–Kier alpha value is -2.90. The molecule has 25 heavy (non-hydrogen) atoms. The van der Waals surface area contributed by atoms with Gasteiger partial charge in [0.15, 0.2) is 0 Å². The summed E-state index contributed by atoms with van der Waals surface area (Å²) in [7, 11) is 1.46. The van der Waals surface area contributed by atoms with Crippen molar-refractivity contribution in [3.05, 3.63) is 35.4 Å². The molecular formula is C17H21N3O5. The standard InChI is InChI=1S/C17H21N3O5/c1-5-25-13(18)11-6-8-12(9-7-11)17(3)15(23)20(10(2)14(21)22)16(24)19(17)4/h6-10,18H,5H2,1-4H3,(H,21,22)/t10?,17-/m0/s1. The number of benzene rings is 1. The molecule has 1 heterocycles. The van der Waals surface area contributed by atoms with Crippen molar-refractivity contribution in [3.63, 3.8) is 0 Å². The number of carboxylic acid groups (broad SMARTS) is 1. The van der Waals surface area contributed by atoms with Crippen molar-refractivity contribution >= 4 is 23.8 Å². The van der Waals surface area contributed by atoms with Crippen LogP contribution in [0.4, 0.5) is 4.79 Å². The van der Waals surface area contributed by atoms with Gasteiger partial charge in [0, 0.05) is 12.6 Å². The number of likely N-dealkylation sites (N-methyl/N-ethyl adjacent to an activating group) is 1. The molecule has 2 N–H and O–H groups in total. The minimum Gasteiger partial charge on any atom is -0.480 e. The predicted octanol–water partition coefficient (Wildman–Crippen LogP) is 1.63. The van der Waals surface area contributed by atoms with Crippen LogP contribution in [-0.4, -0.2) is 58.4 Å². The number of aliphatic carboxylic acids is 1. The fourth-order valence-corrected chi connectivity index (χ4v) is 2.76. The lowest BCUT2D eigenvalue weighted by Crippen LogP contribution is -2.45. The molecule has 0 aromatic heterocycles. The number of carbonyl (C=O) groups excluding carboxylic acids is 2. The molecule has 2 rings (SSSR count). The van der Waals surface area contributed by atoms with Gasteiger partial charge in [-0.25, -0.2) is 14.5 Å². The SMILES string of the molecule is CCOC(=N)c1ccc([C@@]2(C)C(=O)N(C(C)C(=O)O)C(=O)N2C)cc1. The van der Waals surface area contributed by atoms with Gasteiger partial charge in [0.2, 0.25) is 5.90 Å². The van der Waals surface area contributed by atoms with Crippen molar-refractivity contribution in [2.75, 3.05) is 13.7 Å². The van der Waals surface area contributed by atoms with Gasteiger partial charge in [-0.05, 0) is 38.5 Å². The molecule has 0 spiro atoms. The zero-order valence-electron chi connectivity index (χ0n) is 14.6. The lowest BCUT2D eigenvalue weighted by molar-refractivity contribution is -0.147. The second kappa shape index (κ2) is 6.54. The Balaban J connectivity index is 2.40. The van der Waals surface area contributed by atoms with E-state index in [4.69, 9.17) is 15.3 Å². The molecule has 0 aliphatic carbocycles. The topological polar surface area (TPSA) is 111 Å². The number of rotatable bonds is 5. The van der Waals surface area contributed by atoms with Gasteiger partial charge in [-0.3, -0.25) is 10.2 Å². The molecule has 0 radical (unpaired) electrons. The Kier molecular flexibility index (Phi) is 4.82. The number of nitrogens with zero attached hydrogens (tertiary/aromatic N) is 2. The van der Waals surface area contributed by atoms with Crippen LogP contribution in [0.25, 0.3) is 0 Å². The number of ether oxygens (including phenoxy) is 1. The molecule has 3 amide bonds. The lowest BCUT2D eigenvalue weighted by atomic mass is 9.90. The fourth-order valence-electron chi connectivity index (χ4n) is 2.76. The number of nitrogens with one attached hydrogen (secondary N) is 1. The Bertz CT molecular complexity index is 730. The summed E-state index contributed by atoms with van der Waals surface area (Å²) in [6.07, 6.45) is 0. The molecule has 1 unspecified atom stereocenters. The summed E-state index contributed by atoms with van der Waals surface area (Å²) in [5.41, 5.74) is -0.237. The van der Waals surface area contributed by atoms with Crippen LogP contribution in [0, 0.1) is 5.41 Å². The van der Waals surface area contributed by atoms with E-state index in [1.165, 1.54) is 18.9 Å². The highest BCUT2D eigenvalue weighted by atomic mass is 16.5. The number of amides is 3. The first-order valence-corrected chi connectivity index (χ1v) is 7.82. The van der Waals surface area contributed by atoms with Crippen LogP contribution in [0.2, 0.25) is 0 Å². The molecular weight excluding hydrogens is 326 g/mol. The van der Waals surface area contributed by atoms with Crippen LogP contribution in [0.3, 0.4) is 0 Å². The first kappa shape index (κ1) is 18.4. The van der Waals surface area contributed by atoms with E-state index in [2.05, 4.69) is 0 Å². The van der Waals surface area contributed by atoms with Crippen molar-refractivity contribution in [2.24, 2.45) is 0 Å². The summed E-state index contributed by atoms with van der Waals surface area (Å²) in [5.74, 6) is -1.83. The minimum absolute atomic E-state index is 0.0162. The first-order valence-electron chi connectivity index (χ1n) is 7.82. The lowest BCUT2D eigenvalue weighted by Gasteiger charge is -2.29. The highest BCUT2D eigenvalue weighted by molar-refractivity contribution is 6.09. The molecule has 1 aliphatic heterocycles. The van der Waals surface area contributed by atoms with Gasteiger partial charge in [0.25, 0.3) is 5.91 Å². The molecule has 1 saturated heterocycles. The Morgan fingerprint density at radius 3 is 2.36 bits per heavy atom. The summed E-state index contributed by atoms with van der Waals surface area (Å²) in [6, 6.07) is 4.63. The second-order valence-electron chi connectivity index (χ2n) is 5.94. The van der Waals surface area contributed by atoms with Gasteiger partial charge in [0.05, 0.1) is 6.61 Å². The summed E-state index contributed by atoms with van der Waals surface area (Å²) >= 11 is 0. The number of hydrogen-bond donors (Lipinski definition) is 2. The van der Waals surface area contributed by atoms with Crippen molar-refractivity contribution < 1.29 is 24.2 Å². The molecule has 1 aromatic rings. The summed E-state index contributed by atoms with van der Waals surface area (Å²) in [6.45, 7) is 5.02. The third-order valence-electron chi connectivity index (χ3n) is 4.54. The number of carboxylic acids is 1. The van der Waals surface area contributed by atoms with Gasteiger partial charge in [-0.2, -0.15) is 0 Å². The van der Waals surface area contributed by atoms with E-state index in [1.54, 1.807) is 38.1 Å². The van der Waals surface area contributed by atoms with Gasteiger partial charge >= 0.3 is 12.0 Å². The number of hydrogen-bond acceptors (Lipinski definition) is 5. The van der Waals surface area contributed by atoms with Crippen molar-refractivity contribution in [1.29, 1.82) is 5.41 Å². The van der Waals surface area contributed by atoms with E-state index in [1.807, 2.05) is 0 Å². The van der Waals surface area contributed by atoms with E-state index in [9.17, 15) is 14.4 Å². The second-order valence-corrected chi connectivity index (χ2v) is 5.94. The van der Waals surface area contributed by atoms with Crippen LogP contribution in [0.15, 0.2) is 24.3 Å². The Labute approximate surface area is 145 Å². The molecule has 0 saturated carbocycles. The number of carbonyl (C=O) groups is 3. The maximum Gasteiger partial charge on any atom is 0.328 e. The summed E-state index contributed by atoms with van der Waals surface area (Å²) < 4.78 is 5.13. The molecule has 2 atom stereocenters. The van der Waals surface area contributed by atoms with E-state index in [0.29, 0.717) is 17.7 Å². The van der Waals surface area contributed by atoms with Gasteiger partial charge < -0.3 is 14.7 Å². The van der Waals surface area contributed by atoms with Crippen LogP contribution < -0.4 is 0 Å². The smallest absolute Gasteiger partial charge is 0.328 e. The van der Waals surface area contributed by atoms with Crippen molar-refractivity contribution in [1.82, 2.24) is 9.80 Å². The highest BCUT2D eigenvalue weighted by Gasteiger charge is 2.55. The summed E-state index contributed by atoms with van der Waals surface area (Å²) in [4.78, 5) is 38.5. The molecule has 8 heteroatoms. The van der Waals surface area contributed by atoms with Crippen molar-refractivity contribution in [3.8, 4) is 0 Å². The number of urea groups is 1. The van der Waals surface area contributed by atoms with Gasteiger partial charge in [-0.1, -0.05) is 12.1 Å². The van der Waals surface area contributed by atoms with Crippen LogP contribution in [0.1, 0.15) is 31.9 Å². The van der Waals surface area contributed by atoms with Gasteiger partial charge in [0.1, 0.15) is 11.6 Å². The average molecular weight is 347 g/mol. The van der Waals surface area contributed by atoms with E-state index < -0.39 is 29.5 Å². The predicted molar refractivity (Wildman–Crippen MR) is 89.4 cm³/mol. The van der Waals surface area contributed by atoms with Crippen LogP contribution in [0.5, 0.6) is 0 Å². The minimum atomic E-state index is -1.31. The molecule has 1 fully saturated rings. The van der Waals surface area contributed by atoms with Crippen LogP contribution >= 0.6 is 0 Å². The molecule has 0 bridgehead atoms. The number of imide groups is 1.